The van der Waals surface area contributed by atoms with Crippen LogP contribution in [0.4, 0.5) is 5.69 Å². The molecule has 0 saturated heterocycles. The lowest BCUT2D eigenvalue weighted by Crippen LogP contribution is -2.16. The molecule has 6 nitrogen and oxygen atoms in total. The van der Waals surface area contributed by atoms with Crippen LogP contribution in [0.3, 0.4) is 0 Å². The number of anilines is 1. The fraction of sp³-hybridized carbons (Fsp3) is 0.467. The summed E-state index contributed by atoms with van der Waals surface area (Å²) >= 11 is 0. The van der Waals surface area contributed by atoms with Gasteiger partial charge in [-0.1, -0.05) is 0 Å². The van der Waals surface area contributed by atoms with E-state index in [0.29, 0.717) is 11.8 Å². The first kappa shape index (κ1) is 15.0. The Labute approximate surface area is 128 Å². The van der Waals surface area contributed by atoms with E-state index in [9.17, 15) is 18.0 Å². The van der Waals surface area contributed by atoms with Crippen LogP contribution in [-0.4, -0.2) is 31.7 Å². The van der Waals surface area contributed by atoms with Crippen LogP contribution in [0.5, 0.6) is 0 Å². The molecule has 0 aliphatic heterocycles. The summed E-state index contributed by atoms with van der Waals surface area (Å²) in [6.07, 6.45) is 4.24. The van der Waals surface area contributed by atoms with Crippen molar-refractivity contribution in [3.05, 3.63) is 23.8 Å². The van der Waals surface area contributed by atoms with Gasteiger partial charge in [-0.15, -0.1) is 0 Å². The fourth-order valence-electron chi connectivity index (χ4n) is 2.81. The number of benzene rings is 1. The molecule has 118 valence electrons. The van der Waals surface area contributed by atoms with Gasteiger partial charge in [-0.05, 0) is 49.3 Å². The summed E-state index contributed by atoms with van der Waals surface area (Å²) in [5.41, 5.74) is 0.0551. The van der Waals surface area contributed by atoms with Gasteiger partial charge in [0.05, 0.1) is 10.5 Å². The van der Waals surface area contributed by atoms with Crippen LogP contribution in [-0.2, 0) is 14.6 Å². The average Bonchev–Trinajstić information content (AvgIpc) is 3.26. The van der Waals surface area contributed by atoms with Crippen molar-refractivity contribution >= 4 is 27.4 Å². The third kappa shape index (κ3) is 3.14. The van der Waals surface area contributed by atoms with E-state index < -0.39 is 15.8 Å². The molecular weight excluding hydrogens is 306 g/mol. The van der Waals surface area contributed by atoms with E-state index in [1.165, 1.54) is 25.0 Å². The molecule has 0 aromatic heterocycles. The summed E-state index contributed by atoms with van der Waals surface area (Å²) in [7, 11) is -3.55. The van der Waals surface area contributed by atoms with Crippen LogP contribution in [0.2, 0.25) is 0 Å². The van der Waals surface area contributed by atoms with Crippen molar-refractivity contribution < 1.29 is 23.1 Å². The maximum absolute atomic E-state index is 12.2. The highest BCUT2D eigenvalue weighted by atomic mass is 32.2. The Bertz CT molecular complexity index is 751. The molecule has 7 heteroatoms. The van der Waals surface area contributed by atoms with Crippen LogP contribution in [0.1, 0.15) is 29.6 Å². The first-order chi connectivity index (χ1) is 10.3. The van der Waals surface area contributed by atoms with E-state index in [4.69, 9.17) is 5.11 Å². The molecule has 1 aromatic rings. The van der Waals surface area contributed by atoms with E-state index in [1.807, 2.05) is 0 Å². The van der Waals surface area contributed by atoms with E-state index in [2.05, 4.69) is 5.32 Å². The lowest BCUT2D eigenvalue weighted by Gasteiger charge is -2.08. The smallest absolute Gasteiger partial charge is 0.335 e. The number of carboxylic acid groups (broad SMARTS) is 1. The lowest BCUT2D eigenvalue weighted by atomic mass is 10.2. The Morgan fingerprint density at radius 1 is 1.23 bits per heavy atom. The summed E-state index contributed by atoms with van der Waals surface area (Å²) in [6, 6.07) is 3.68. The van der Waals surface area contributed by atoms with E-state index in [0.717, 1.165) is 18.7 Å². The highest BCUT2D eigenvalue weighted by molar-refractivity contribution is 7.90. The molecule has 2 aliphatic carbocycles. The van der Waals surface area contributed by atoms with Gasteiger partial charge in [0.2, 0.25) is 5.91 Å². The van der Waals surface area contributed by atoms with Crippen molar-refractivity contribution in [2.24, 2.45) is 17.8 Å². The molecule has 0 radical (unpaired) electrons. The zero-order chi connectivity index (χ0) is 16.1. The number of amides is 1. The summed E-state index contributed by atoms with van der Waals surface area (Å²) in [5, 5.41) is 11.7. The highest BCUT2D eigenvalue weighted by Gasteiger charge is 2.51. The highest BCUT2D eigenvalue weighted by Crippen LogP contribution is 2.54. The molecule has 0 spiro atoms. The van der Waals surface area contributed by atoms with Gasteiger partial charge in [0.15, 0.2) is 9.84 Å². The predicted molar refractivity (Wildman–Crippen MR) is 79.5 cm³/mol. The van der Waals surface area contributed by atoms with Gasteiger partial charge in [0.1, 0.15) is 0 Å². The SMILES string of the molecule is CS(=O)(=O)c1cc(NC(=O)C2CC2C2CC2)cc(C(=O)O)c1. The van der Waals surface area contributed by atoms with Gasteiger partial charge in [-0.3, -0.25) is 4.79 Å². The van der Waals surface area contributed by atoms with Crippen LogP contribution in [0.25, 0.3) is 0 Å². The van der Waals surface area contributed by atoms with Crippen LogP contribution in [0, 0.1) is 17.8 Å². The standard InChI is InChI=1S/C15H17NO5S/c1-22(20,21)11-5-9(15(18)19)4-10(6-11)16-14(17)13-7-12(13)8-2-3-8/h4-6,8,12-13H,2-3,7H2,1H3,(H,16,17)(H,18,19). The van der Waals surface area contributed by atoms with Crippen molar-refractivity contribution in [3.8, 4) is 0 Å². The Balaban J connectivity index is 1.81. The molecule has 1 amide bonds. The molecule has 1 aromatic carbocycles. The Morgan fingerprint density at radius 3 is 2.45 bits per heavy atom. The first-order valence-corrected chi connectivity index (χ1v) is 9.04. The average molecular weight is 323 g/mol. The predicted octanol–water partition coefficient (Wildman–Crippen LogP) is 1.77. The third-order valence-electron chi connectivity index (χ3n) is 4.25. The van der Waals surface area contributed by atoms with Gasteiger partial charge < -0.3 is 10.4 Å². The number of nitrogens with one attached hydrogen (secondary N) is 1. The minimum Gasteiger partial charge on any atom is -0.478 e. The van der Waals surface area contributed by atoms with Crippen molar-refractivity contribution in [2.75, 3.05) is 11.6 Å². The largest absolute Gasteiger partial charge is 0.478 e. The quantitative estimate of drug-likeness (QED) is 0.860. The number of sulfone groups is 1. The first-order valence-electron chi connectivity index (χ1n) is 7.15. The van der Waals surface area contributed by atoms with Crippen molar-refractivity contribution in [1.29, 1.82) is 0 Å². The number of hydrogen-bond acceptors (Lipinski definition) is 4. The summed E-state index contributed by atoms with van der Waals surface area (Å²) < 4.78 is 23.3. The van der Waals surface area contributed by atoms with Gasteiger partial charge in [0.25, 0.3) is 0 Å². The second kappa shape index (κ2) is 5.08. The maximum Gasteiger partial charge on any atom is 0.335 e. The molecule has 0 heterocycles. The van der Waals surface area contributed by atoms with E-state index in [1.54, 1.807) is 0 Å². The molecule has 2 N–H and O–H groups in total. The molecular formula is C15H17NO5S. The normalized spacial score (nSPS) is 23.9. The fourth-order valence-corrected chi connectivity index (χ4v) is 3.49. The van der Waals surface area contributed by atoms with Crippen LogP contribution >= 0.6 is 0 Å². The number of rotatable bonds is 5. The topological polar surface area (TPSA) is 101 Å². The van der Waals surface area contributed by atoms with Crippen molar-refractivity contribution in [3.63, 3.8) is 0 Å². The molecule has 22 heavy (non-hydrogen) atoms. The summed E-state index contributed by atoms with van der Waals surface area (Å²) in [5.74, 6) is -0.311. The Hall–Kier alpha value is -1.89. The molecule has 2 fully saturated rings. The Morgan fingerprint density at radius 2 is 1.91 bits per heavy atom. The summed E-state index contributed by atoms with van der Waals surface area (Å²) in [6.45, 7) is 0. The minimum absolute atomic E-state index is 0.0253. The number of aromatic carboxylic acids is 1. The Kier molecular flexibility index (Phi) is 3.47. The zero-order valence-corrected chi connectivity index (χ0v) is 12.9. The molecule has 2 aliphatic rings. The number of carboxylic acids is 1. The van der Waals surface area contributed by atoms with Gasteiger partial charge in [0, 0.05) is 17.9 Å². The number of carbonyl (C=O) groups excluding carboxylic acids is 1. The van der Waals surface area contributed by atoms with Crippen LogP contribution in [0.15, 0.2) is 23.1 Å². The second-order valence-corrected chi connectivity index (χ2v) is 8.17. The molecule has 2 atom stereocenters. The van der Waals surface area contributed by atoms with E-state index >= 15 is 0 Å². The second-order valence-electron chi connectivity index (χ2n) is 6.16. The number of carbonyl (C=O) groups is 2. The molecule has 2 unspecified atom stereocenters. The van der Waals surface area contributed by atoms with E-state index in [-0.39, 0.29) is 28.0 Å². The monoisotopic (exact) mass is 323 g/mol. The number of hydrogen-bond donors (Lipinski definition) is 2. The molecule has 2 saturated carbocycles. The van der Waals surface area contributed by atoms with Crippen molar-refractivity contribution in [1.82, 2.24) is 0 Å². The minimum atomic E-state index is -3.55. The van der Waals surface area contributed by atoms with Crippen LogP contribution < -0.4 is 5.32 Å². The maximum atomic E-state index is 12.2. The summed E-state index contributed by atoms with van der Waals surface area (Å²) in [4.78, 5) is 23.1. The van der Waals surface area contributed by atoms with Gasteiger partial charge in [-0.25, -0.2) is 13.2 Å². The van der Waals surface area contributed by atoms with Crippen molar-refractivity contribution in [2.45, 2.75) is 24.2 Å². The lowest BCUT2D eigenvalue weighted by molar-refractivity contribution is -0.117. The van der Waals surface area contributed by atoms with Gasteiger partial charge >= 0.3 is 5.97 Å². The zero-order valence-electron chi connectivity index (χ0n) is 12.1. The molecule has 0 bridgehead atoms. The molecule has 3 rings (SSSR count). The van der Waals surface area contributed by atoms with Gasteiger partial charge in [-0.2, -0.15) is 0 Å². The third-order valence-corrected chi connectivity index (χ3v) is 5.35.